The Hall–Kier alpha value is -3.48. The van der Waals surface area contributed by atoms with Gasteiger partial charge in [0.1, 0.15) is 21.8 Å². The van der Waals surface area contributed by atoms with E-state index < -0.39 is 10.0 Å². The van der Waals surface area contributed by atoms with Crippen LogP contribution in [0, 0.1) is 6.92 Å². The average molecular weight is 500 g/mol. The summed E-state index contributed by atoms with van der Waals surface area (Å²) in [5.74, 6) is 0.968. The predicted octanol–water partition coefficient (Wildman–Crippen LogP) is 1.84. The van der Waals surface area contributed by atoms with E-state index in [1.54, 1.807) is 42.3 Å². The van der Waals surface area contributed by atoms with Crippen LogP contribution in [-0.2, 0) is 14.8 Å². The number of ether oxygens (including phenoxy) is 1. The number of H-pyrrole nitrogens is 1. The summed E-state index contributed by atoms with van der Waals surface area (Å²) in [6.07, 6.45) is 5.75. The van der Waals surface area contributed by atoms with Crippen molar-refractivity contribution in [3.63, 3.8) is 0 Å². The summed E-state index contributed by atoms with van der Waals surface area (Å²) in [5, 5.41) is 16.6. The van der Waals surface area contributed by atoms with Crippen LogP contribution in [0.1, 0.15) is 12.0 Å². The van der Waals surface area contributed by atoms with Gasteiger partial charge in [-0.25, -0.2) is 18.5 Å². The first-order valence-electron chi connectivity index (χ1n) is 11.1. The van der Waals surface area contributed by atoms with E-state index in [-0.39, 0.29) is 22.6 Å². The number of pyridine rings is 1. The SMILES string of the molecule is Cc1ccc(Oc2ccnc3[nH]nc(N[C@@H]4CCN(C(=O)/C=C/CN(C)C)C4)c23)c(S(N)(=O)=O)c1. The number of sulfonamides is 1. The second-order valence-corrected chi connectivity index (χ2v) is 10.3. The number of amides is 1. The van der Waals surface area contributed by atoms with E-state index in [1.807, 2.05) is 25.1 Å². The molecule has 1 aliphatic heterocycles. The fourth-order valence-corrected chi connectivity index (χ4v) is 4.63. The number of fused-ring (bicyclic) bond motifs is 1. The van der Waals surface area contributed by atoms with Crippen LogP contribution in [-0.4, -0.2) is 79.1 Å². The minimum atomic E-state index is -4.00. The number of anilines is 1. The zero-order valence-corrected chi connectivity index (χ0v) is 20.7. The highest BCUT2D eigenvalue weighted by atomic mass is 32.2. The Bertz CT molecular complexity index is 1370. The van der Waals surface area contributed by atoms with Gasteiger partial charge in [-0.05, 0) is 45.1 Å². The van der Waals surface area contributed by atoms with Crippen molar-refractivity contribution in [2.45, 2.75) is 24.3 Å². The van der Waals surface area contributed by atoms with Crippen LogP contribution >= 0.6 is 0 Å². The Morgan fingerprint density at radius 1 is 1.34 bits per heavy atom. The molecule has 0 spiro atoms. The van der Waals surface area contributed by atoms with E-state index in [1.165, 1.54) is 6.07 Å². The molecule has 1 aliphatic rings. The largest absolute Gasteiger partial charge is 0.455 e. The maximum atomic E-state index is 12.5. The molecule has 1 saturated heterocycles. The van der Waals surface area contributed by atoms with Gasteiger partial charge in [0.25, 0.3) is 0 Å². The minimum absolute atomic E-state index is 0.0138. The number of nitrogens with one attached hydrogen (secondary N) is 2. The summed E-state index contributed by atoms with van der Waals surface area (Å²) in [4.78, 5) is 20.4. The lowest BCUT2D eigenvalue weighted by Crippen LogP contribution is -2.30. The number of primary sulfonamides is 1. The van der Waals surface area contributed by atoms with E-state index in [9.17, 15) is 13.2 Å². The first-order valence-corrected chi connectivity index (χ1v) is 12.7. The Balaban J connectivity index is 1.55. The summed E-state index contributed by atoms with van der Waals surface area (Å²) in [5.41, 5.74) is 1.22. The Labute approximate surface area is 204 Å². The van der Waals surface area contributed by atoms with E-state index in [2.05, 4.69) is 20.5 Å². The standard InChI is InChI=1S/C23H29N7O4S/c1-15-6-7-17(19(13-15)35(24,32)33)34-18-8-10-25-22-21(18)23(28-27-22)26-16-9-12-30(14-16)20(31)5-4-11-29(2)3/h4-8,10,13,16H,9,11-12,14H2,1-3H3,(H2,24,32,33)(H2,25,26,27,28)/b5-4+/t16-/m1/s1. The first-order chi connectivity index (χ1) is 16.6. The Morgan fingerprint density at radius 2 is 2.14 bits per heavy atom. The molecule has 1 amide bonds. The third-order valence-electron chi connectivity index (χ3n) is 5.62. The molecule has 0 unspecified atom stereocenters. The predicted molar refractivity (Wildman–Crippen MR) is 133 cm³/mol. The van der Waals surface area contributed by atoms with Crippen molar-refractivity contribution >= 4 is 32.8 Å². The van der Waals surface area contributed by atoms with Crippen LogP contribution < -0.4 is 15.2 Å². The van der Waals surface area contributed by atoms with Crippen LogP contribution in [0.2, 0.25) is 0 Å². The molecule has 2 aromatic heterocycles. The number of carbonyl (C=O) groups is 1. The number of nitrogens with two attached hydrogens (primary N) is 1. The molecule has 4 N–H and O–H groups in total. The Morgan fingerprint density at radius 3 is 2.89 bits per heavy atom. The maximum Gasteiger partial charge on any atom is 0.246 e. The molecule has 0 aliphatic carbocycles. The lowest BCUT2D eigenvalue weighted by Gasteiger charge is -2.16. The van der Waals surface area contributed by atoms with Gasteiger partial charge in [-0.15, -0.1) is 0 Å². The van der Waals surface area contributed by atoms with Gasteiger partial charge in [-0.3, -0.25) is 9.89 Å². The van der Waals surface area contributed by atoms with Gasteiger partial charge in [0.2, 0.25) is 15.9 Å². The number of aromatic nitrogens is 3. The van der Waals surface area contributed by atoms with Crippen molar-refractivity contribution < 1.29 is 17.9 Å². The molecule has 1 fully saturated rings. The lowest BCUT2D eigenvalue weighted by atomic mass is 10.2. The van der Waals surface area contributed by atoms with Crippen molar-refractivity contribution in [2.24, 2.45) is 5.14 Å². The smallest absolute Gasteiger partial charge is 0.246 e. The second kappa shape index (κ2) is 10.0. The number of likely N-dealkylation sites (N-methyl/N-ethyl adjacent to an activating group) is 1. The van der Waals surface area contributed by atoms with Crippen molar-refractivity contribution in [3.05, 3.63) is 48.2 Å². The maximum absolute atomic E-state index is 12.5. The molecule has 11 nitrogen and oxygen atoms in total. The molecule has 1 atom stereocenters. The number of carbonyl (C=O) groups excluding carboxylic acids is 1. The topological polar surface area (TPSA) is 147 Å². The number of nitrogens with zero attached hydrogens (tertiary/aromatic N) is 4. The number of hydrogen-bond donors (Lipinski definition) is 3. The van der Waals surface area contributed by atoms with Gasteiger partial charge in [0, 0.05) is 44.0 Å². The molecule has 0 saturated carbocycles. The van der Waals surface area contributed by atoms with Gasteiger partial charge in [-0.2, -0.15) is 5.10 Å². The molecular weight excluding hydrogens is 470 g/mol. The van der Waals surface area contributed by atoms with Gasteiger partial charge in [0.05, 0.1) is 0 Å². The van der Waals surface area contributed by atoms with Crippen molar-refractivity contribution in [1.29, 1.82) is 0 Å². The summed E-state index contributed by atoms with van der Waals surface area (Å²) < 4.78 is 30.2. The van der Waals surface area contributed by atoms with Crippen LogP contribution in [0.15, 0.2) is 47.5 Å². The molecule has 1 aromatic carbocycles. The van der Waals surface area contributed by atoms with Crippen molar-refractivity contribution in [1.82, 2.24) is 25.0 Å². The molecular formula is C23H29N7O4S. The average Bonchev–Trinajstić information content (AvgIpc) is 3.42. The summed E-state index contributed by atoms with van der Waals surface area (Å²) in [7, 11) is -0.107. The van der Waals surface area contributed by atoms with Gasteiger partial charge in [0.15, 0.2) is 11.5 Å². The zero-order chi connectivity index (χ0) is 25.2. The van der Waals surface area contributed by atoms with Gasteiger partial charge < -0.3 is 19.9 Å². The highest BCUT2D eigenvalue weighted by Crippen LogP contribution is 2.36. The summed E-state index contributed by atoms with van der Waals surface area (Å²) in [6.45, 7) is 3.64. The minimum Gasteiger partial charge on any atom is -0.455 e. The van der Waals surface area contributed by atoms with Crippen LogP contribution in [0.25, 0.3) is 11.0 Å². The van der Waals surface area contributed by atoms with Crippen molar-refractivity contribution in [3.8, 4) is 11.5 Å². The summed E-state index contributed by atoms with van der Waals surface area (Å²) >= 11 is 0. The zero-order valence-electron chi connectivity index (χ0n) is 19.9. The highest BCUT2D eigenvalue weighted by Gasteiger charge is 2.27. The number of benzene rings is 1. The van der Waals surface area contributed by atoms with Gasteiger partial charge in [-0.1, -0.05) is 12.1 Å². The van der Waals surface area contributed by atoms with E-state index in [4.69, 9.17) is 9.88 Å². The molecule has 12 heteroatoms. The molecule has 0 bridgehead atoms. The molecule has 0 radical (unpaired) electrons. The first kappa shape index (κ1) is 24.6. The van der Waals surface area contributed by atoms with E-state index >= 15 is 0 Å². The van der Waals surface area contributed by atoms with E-state index in [0.29, 0.717) is 42.2 Å². The number of rotatable bonds is 8. The third kappa shape index (κ3) is 5.78. The molecule has 186 valence electrons. The van der Waals surface area contributed by atoms with E-state index in [0.717, 1.165) is 12.0 Å². The Kier molecular flexibility index (Phi) is 7.05. The molecule has 4 rings (SSSR count). The molecule has 3 heterocycles. The van der Waals surface area contributed by atoms with Gasteiger partial charge >= 0.3 is 0 Å². The monoisotopic (exact) mass is 499 g/mol. The fourth-order valence-electron chi connectivity index (χ4n) is 3.89. The summed E-state index contributed by atoms with van der Waals surface area (Å²) in [6, 6.07) is 6.40. The second-order valence-electron chi connectivity index (χ2n) is 8.78. The number of aromatic amines is 1. The number of aryl methyl sites for hydroxylation is 1. The number of hydrogen-bond acceptors (Lipinski definition) is 8. The normalized spacial score (nSPS) is 16.5. The molecule has 3 aromatic rings. The quantitative estimate of drug-likeness (QED) is 0.398. The third-order valence-corrected chi connectivity index (χ3v) is 6.55. The number of likely N-dealkylation sites (tertiary alicyclic amines) is 1. The highest BCUT2D eigenvalue weighted by molar-refractivity contribution is 7.89. The molecule has 35 heavy (non-hydrogen) atoms. The van der Waals surface area contributed by atoms with Crippen LogP contribution in [0.5, 0.6) is 11.5 Å². The lowest BCUT2D eigenvalue weighted by molar-refractivity contribution is -0.125. The van der Waals surface area contributed by atoms with Crippen molar-refractivity contribution in [2.75, 3.05) is 39.0 Å². The van der Waals surface area contributed by atoms with Crippen LogP contribution in [0.4, 0.5) is 5.82 Å². The van der Waals surface area contributed by atoms with Crippen LogP contribution in [0.3, 0.4) is 0 Å². The fraction of sp³-hybridized carbons (Fsp3) is 0.348.